The van der Waals surface area contributed by atoms with Gasteiger partial charge in [-0.25, -0.2) is 4.79 Å². The molecule has 3 amide bonds. The predicted octanol–water partition coefficient (Wildman–Crippen LogP) is 2.82. The highest BCUT2D eigenvalue weighted by atomic mass is 16.5. The van der Waals surface area contributed by atoms with E-state index in [1.54, 1.807) is 50.6 Å². The molecule has 1 aromatic heterocycles. The Balaban J connectivity index is 1.65. The molecule has 9 heteroatoms. The summed E-state index contributed by atoms with van der Waals surface area (Å²) >= 11 is 0. The summed E-state index contributed by atoms with van der Waals surface area (Å²) in [5.74, 6) is 1.05. The highest BCUT2D eigenvalue weighted by Gasteiger charge is 2.46. The second-order valence-corrected chi connectivity index (χ2v) is 7.09. The van der Waals surface area contributed by atoms with Gasteiger partial charge in [0.15, 0.2) is 18.0 Å². The summed E-state index contributed by atoms with van der Waals surface area (Å²) in [6, 6.07) is 4.92. The third-order valence-corrected chi connectivity index (χ3v) is 5.16. The summed E-state index contributed by atoms with van der Waals surface area (Å²) in [5, 5.41) is 4.04. The summed E-state index contributed by atoms with van der Waals surface area (Å²) < 4.78 is 17.5. The van der Waals surface area contributed by atoms with Crippen LogP contribution in [0.25, 0.3) is 11.4 Å². The number of aromatic nitrogens is 2. The summed E-state index contributed by atoms with van der Waals surface area (Å²) in [5.41, 5.74) is 1.29. The molecule has 0 fully saturated rings. The molecule has 1 aliphatic heterocycles. The number of fused-ring (bicyclic) bond motifs is 1. The predicted molar refractivity (Wildman–Crippen MR) is 111 cm³/mol. The van der Waals surface area contributed by atoms with E-state index in [1.807, 2.05) is 13.0 Å². The fourth-order valence-corrected chi connectivity index (χ4v) is 3.65. The topological polar surface area (TPSA) is 97.8 Å². The van der Waals surface area contributed by atoms with Crippen LogP contribution in [0.15, 0.2) is 47.0 Å². The number of urea groups is 1. The highest BCUT2D eigenvalue weighted by molar-refractivity contribution is 6.16. The summed E-state index contributed by atoms with van der Waals surface area (Å²) in [6.45, 7) is 2.35. The minimum Gasteiger partial charge on any atom is -0.493 e. The number of amides is 3. The van der Waals surface area contributed by atoms with Crippen LogP contribution in [-0.4, -0.2) is 58.0 Å². The lowest BCUT2D eigenvalue weighted by molar-refractivity contribution is -0.460. The van der Waals surface area contributed by atoms with E-state index in [2.05, 4.69) is 10.1 Å². The van der Waals surface area contributed by atoms with E-state index in [0.29, 0.717) is 41.6 Å². The van der Waals surface area contributed by atoms with E-state index in [4.69, 9.17) is 14.0 Å². The average molecular weight is 423 g/mol. The van der Waals surface area contributed by atoms with Gasteiger partial charge in [-0.05, 0) is 30.7 Å². The van der Waals surface area contributed by atoms with Crippen LogP contribution in [0.4, 0.5) is 4.79 Å². The molecule has 4 rings (SSSR count). The van der Waals surface area contributed by atoms with Crippen molar-refractivity contribution in [1.82, 2.24) is 15.0 Å². The van der Waals surface area contributed by atoms with Crippen molar-refractivity contribution < 1.29 is 28.2 Å². The summed E-state index contributed by atoms with van der Waals surface area (Å²) in [6.07, 6.45) is 7.86. The number of hydrogen-bond donors (Lipinski definition) is 0. The van der Waals surface area contributed by atoms with Gasteiger partial charge >= 0.3 is 11.9 Å². The zero-order valence-corrected chi connectivity index (χ0v) is 17.6. The van der Waals surface area contributed by atoms with Crippen LogP contribution >= 0.6 is 0 Å². The number of carbonyl (C=O) groups is 2. The van der Waals surface area contributed by atoms with Crippen LogP contribution in [0.1, 0.15) is 19.2 Å². The quantitative estimate of drug-likeness (QED) is 0.632. The molecule has 0 bridgehead atoms. The molecule has 0 saturated carbocycles. The number of nitrogens with zero attached hydrogens (tertiary/aromatic N) is 4. The van der Waals surface area contributed by atoms with Crippen molar-refractivity contribution in [2.75, 3.05) is 20.8 Å². The standard InChI is InChI=1S/C22H23N4O5/c1-4-11-25-21(27)15-7-5-6-8-16(15)26(22(25)28)13-19-23-20(24-31-19)14-9-10-17(29-2)18(12-14)30-3/h5-10,12,15H,4,11,13H2,1-3H3/q+1. The highest BCUT2D eigenvalue weighted by Crippen LogP contribution is 2.31. The lowest BCUT2D eigenvalue weighted by Gasteiger charge is -2.26. The Labute approximate surface area is 179 Å². The van der Waals surface area contributed by atoms with Gasteiger partial charge in [0.05, 0.1) is 20.8 Å². The van der Waals surface area contributed by atoms with Crippen molar-refractivity contribution in [3.8, 4) is 22.9 Å². The fraction of sp³-hybridized carbons (Fsp3) is 0.318. The van der Waals surface area contributed by atoms with Crippen LogP contribution in [0.2, 0.25) is 0 Å². The van der Waals surface area contributed by atoms with Crippen LogP contribution < -0.4 is 9.47 Å². The number of methoxy groups -OCH3 is 2. The average Bonchev–Trinajstić information content (AvgIpc) is 3.27. The van der Waals surface area contributed by atoms with Gasteiger partial charge in [0.1, 0.15) is 11.6 Å². The number of ether oxygens (including phenoxy) is 2. The minimum absolute atomic E-state index is 0.0661. The van der Waals surface area contributed by atoms with Crippen LogP contribution in [0, 0.1) is 5.92 Å². The molecule has 2 heterocycles. The van der Waals surface area contributed by atoms with Gasteiger partial charge in [0.25, 0.3) is 5.89 Å². The molecular weight excluding hydrogens is 400 g/mol. The molecule has 0 radical (unpaired) electrons. The summed E-state index contributed by atoms with van der Waals surface area (Å²) in [7, 11) is 3.11. The fourth-order valence-electron chi connectivity index (χ4n) is 3.65. The van der Waals surface area contributed by atoms with Gasteiger partial charge in [0, 0.05) is 5.56 Å². The summed E-state index contributed by atoms with van der Waals surface area (Å²) in [4.78, 5) is 31.5. The Morgan fingerprint density at radius 3 is 2.71 bits per heavy atom. The number of hydrogen-bond acceptors (Lipinski definition) is 7. The Morgan fingerprint density at radius 2 is 1.97 bits per heavy atom. The van der Waals surface area contributed by atoms with E-state index < -0.39 is 5.92 Å². The maximum absolute atomic E-state index is 13.0. The van der Waals surface area contributed by atoms with Crippen molar-refractivity contribution in [3.05, 3.63) is 48.4 Å². The van der Waals surface area contributed by atoms with E-state index in [1.165, 1.54) is 9.48 Å². The molecule has 1 aliphatic carbocycles. The van der Waals surface area contributed by atoms with Crippen LogP contribution in [0.3, 0.4) is 0 Å². The monoisotopic (exact) mass is 423 g/mol. The zero-order chi connectivity index (χ0) is 22.0. The molecule has 9 nitrogen and oxygen atoms in total. The first kappa shape index (κ1) is 20.5. The van der Waals surface area contributed by atoms with Gasteiger partial charge in [-0.3, -0.25) is 0 Å². The van der Waals surface area contributed by atoms with Gasteiger partial charge in [0.2, 0.25) is 5.82 Å². The second kappa shape index (κ2) is 8.55. The Bertz CT molecular complexity index is 1110. The van der Waals surface area contributed by atoms with E-state index in [-0.39, 0.29) is 24.4 Å². The zero-order valence-electron chi connectivity index (χ0n) is 17.6. The number of benzene rings is 1. The number of allylic oxidation sites excluding steroid dienone is 3. The van der Waals surface area contributed by atoms with E-state index >= 15 is 0 Å². The first-order valence-corrected chi connectivity index (χ1v) is 9.97. The van der Waals surface area contributed by atoms with Crippen molar-refractivity contribution >= 4 is 17.6 Å². The molecule has 0 saturated heterocycles. The van der Waals surface area contributed by atoms with Crippen molar-refractivity contribution in [2.45, 2.75) is 19.9 Å². The van der Waals surface area contributed by atoms with Crippen molar-refractivity contribution in [2.24, 2.45) is 5.92 Å². The van der Waals surface area contributed by atoms with Crippen LogP contribution in [-0.2, 0) is 11.3 Å². The molecule has 160 valence electrons. The van der Waals surface area contributed by atoms with Gasteiger partial charge in [-0.2, -0.15) is 19.3 Å². The third-order valence-electron chi connectivity index (χ3n) is 5.16. The molecular formula is C22H23N4O5+. The van der Waals surface area contributed by atoms with Crippen molar-refractivity contribution in [1.29, 1.82) is 0 Å². The molecule has 0 spiro atoms. The molecule has 1 aromatic carbocycles. The third kappa shape index (κ3) is 3.74. The molecule has 1 atom stereocenters. The normalized spacial score (nSPS) is 17.9. The number of carbonyl (C=O) groups excluding carboxylic acids is 2. The molecule has 1 unspecified atom stereocenters. The van der Waals surface area contributed by atoms with Crippen LogP contribution in [0.5, 0.6) is 11.5 Å². The Hall–Kier alpha value is -3.75. The molecule has 2 aliphatic rings. The maximum Gasteiger partial charge on any atom is 0.501 e. The second-order valence-electron chi connectivity index (χ2n) is 7.09. The van der Waals surface area contributed by atoms with E-state index in [9.17, 15) is 9.59 Å². The van der Waals surface area contributed by atoms with Gasteiger partial charge in [-0.1, -0.05) is 30.3 Å². The van der Waals surface area contributed by atoms with Gasteiger partial charge < -0.3 is 14.0 Å². The van der Waals surface area contributed by atoms with Crippen molar-refractivity contribution in [3.63, 3.8) is 0 Å². The lowest BCUT2D eigenvalue weighted by Crippen LogP contribution is -2.54. The number of imide groups is 1. The SMILES string of the molecule is CCCN1C(=O)C2C=CC=CC2=[N+](Cc2nc(-c3ccc(OC)c(OC)c3)no2)C1=O. The molecule has 0 N–H and O–H groups in total. The smallest absolute Gasteiger partial charge is 0.493 e. The number of rotatable bonds is 7. The first-order valence-electron chi connectivity index (χ1n) is 9.97. The van der Waals surface area contributed by atoms with Gasteiger partial charge in [-0.15, -0.1) is 0 Å². The maximum atomic E-state index is 13.0. The Kier molecular flexibility index (Phi) is 5.66. The lowest BCUT2D eigenvalue weighted by atomic mass is 9.94. The van der Waals surface area contributed by atoms with E-state index in [0.717, 1.165) is 0 Å². The minimum atomic E-state index is -0.498. The first-order chi connectivity index (χ1) is 15.1. The largest absolute Gasteiger partial charge is 0.501 e. The molecule has 2 aromatic rings. The Morgan fingerprint density at radius 1 is 1.16 bits per heavy atom. The molecule has 31 heavy (non-hydrogen) atoms.